The number of halogens is 1. The summed E-state index contributed by atoms with van der Waals surface area (Å²) in [5.74, 6) is 1.33. The normalized spacial score (nSPS) is 12.0. The zero-order valence-electron chi connectivity index (χ0n) is 14.9. The fourth-order valence-electron chi connectivity index (χ4n) is 1.75. The van der Waals surface area contributed by atoms with Gasteiger partial charge in [-0.25, -0.2) is 4.99 Å². The van der Waals surface area contributed by atoms with Crippen LogP contribution in [-0.2, 0) is 5.41 Å². The molecule has 0 amide bonds. The molecule has 0 N–H and O–H groups in total. The first-order valence-electron chi connectivity index (χ1n) is 7.77. The van der Waals surface area contributed by atoms with Crippen LogP contribution in [0.3, 0.4) is 0 Å². The zero-order valence-corrected chi connectivity index (χ0v) is 16.5. The van der Waals surface area contributed by atoms with Crippen LogP contribution in [0.1, 0.15) is 39.1 Å². The molecule has 2 rings (SSSR count). The van der Waals surface area contributed by atoms with E-state index in [0.717, 1.165) is 23.6 Å². The topological polar surface area (TPSA) is 50.6 Å². The Bertz CT molecular complexity index is 737. The molecule has 0 atom stereocenters. The van der Waals surface area contributed by atoms with Crippen LogP contribution in [0.25, 0.3) is 0 Å². The van der Waals surface area contributed by atoms with Crippen LogP contribution in [0.4, 0.5) is 5.69 Å². The number of aliphatic imine (C=N–C) groups is 1. The van der Waals surface area contributed by atoms with E-state index >= 15 is 0 Å². The van der Waals surface area contributed by atoms with Gasteiger partial charge in [-0.15, -0.1) is 0 Å². The first kappa shape index (κ1) is 18.7. The summed E-state index contributed by atoms with van der Waals surface area (Å²) in [5, 5.41) is 0.989. The van der Waals surface area contributed by atoms with E-state index in [-0.39, 0.29) is 5.41 Å². The predicted octanol–water partition coefficient (Wildman–Crippen LogP) is 5.20. The number of benzene rings is 1. The Balaban J connectivity index is 2.22. The molecule has 2 aromatic rings. The van der Waals surface area contributed by atoms with Crippen molar-refractivity contribution in [2.75, 3.05) is 13.6 Å². The Labute approximate surface area is 152 Å². The Morgan fingerprint density at radius 1 is 1.38 bits per heavy atom. The maximum Gasteiger partial charge on any atom is 0.298 e. The molecular weight excluding hydrogens is 344 g/mol. The molecule has 0 unspecified atom stereocenters. The molecule has 1 aromatic heterocycles. The lowest BCUT2D eigenvalue weighted by Crippen LogP contribution is -2.14. The second-order valence-corrected chi connectivity index (χ2v) is 7.74. The zero-order chi connectivity index (χ0) is 17.9. The van der Waals surface area contributed by atoms with Crippen molar-refractivity contribution in [2.24, 2.45) is 4.99 Å². The minimum absolute atomic E-state index is 0.109. The van der Waals surface area contributed by atoms with Crippen LogP contribution in [0.5, 0.6) is 10.9 Å². The molecule has 0 bridgehead atoms. The summed E-state index contributed by atoms with van der Waals surface area (Å²) >= 11 is 7.57. The second kappa shape index (κ2) is 7.49. The van der Waals surface area contributed by atoms with E-state index in [1.807, 2.05) is 24.9 Å². The summed E-state index contributed by atoms with van der Waals surface area (Å²) in [6, 6.07) is 3.68. The second-order valence-electron chi connectivity index (χ2n) is 6.62. The highest BCUT2D eigenvalue weighted by atomic mass is 35.5. The third-order valence-electron chi connectivity index (χ3n) is 3.42. The van der Waals surface area contributed by atoms with Gasteiger partial charge in [0, 0.05) is 30.5 Å². The van der Waals surface area contributed by atoms with Crippen molar-refractivity contribution in [2.45, 2.75) is 40.0 Å². The summed E-state index contributed by atoms with van der Waals surface area (Å²) in [6.07, 6.45) is 1.79. The summed E-state index contributed by atoms with van der Waals surface area (Å²) in [4.78, 5) is 10.9. The molecule has 7 heteroatoms. The van der Waals surface area contributed by atoms with Gasteiger partial charge in [0.1, 0.15) is 5.75 Å². The first-order chi connectivity index (χ1) is 11.2. The number of rotatable bonds is 5. The van der Waals surface area contributed by atoms with Gasteiger partial charge in [0.25, 0.3) is 5.19 Å². The number of ether oxygens (including phenoxy) is 1. The van der Waals surface area contributed by atoms with Crippen LogP contribution in [0.2, 0.25) is 5.02 Å². The molecule has 1 heterocycles. The lowest BCUT2D eigenvalue weighted by atomic mass is 9.96. The summed E-state index contributed by atoms with van der Waals surface area (Å²) in [7, 11) is 1.97. The molecule has 1 aromatic carbocycles. The number of aromatic nitrogens is 2. The smallest absolute Gasteiger partial charge is 0.298 e. The van der Waals surface area contributed by atoms with Gasteiger partial charge in [0.05, 0.1) is 17.0 Å². The molecule has 0 aliphatic rings. The fraction of sp³-hybridized carbons (Fsp3) is 0.471. The number of nitrogens with zero attached hydrogens (tertiary/aromatic N) is 4. The molecule has 0 aliphatic heterocycles. The molecule has 0 radical (unpaired) electrons. The van der Waals surface area contributed by atoms with Crippen LogP contribution in [-0.4, -0.2) is 34.2 Å². The van der Waals surface area contributed by atoms with Gasteiger partial charge < -0.3 is 9.64 Å². The monoisotopic (exact) mass is 366 g/mol. The van der Waals surface area contributed by atoms with Crippen molar-refractivity contribution >= 4 is 35.2 Å². The minimum atomic E-state index is -0.109. The van der Waals surface area contributed by atoms with Crippen molar-refractivity contribution in [1.29, 1.82) is 0 Å². The van der Waals surface area contributed by atoms with Gasteiger partial charge in [0.15, 0.2) is 5.82 Å². The van der Waals surface area contributed by atoms with Gasteiger partial charge in [-0.05, 0) is 31.5 Å². The summed E-state index contributed by atoms with van der Waals surface area (Å²) < 4.78 is 10.2. The van der Waals surface area contributed by atoms with Gasteiger partial charge in [-0.3, -0.25) is 0 Å². The van der Waals surface area contributed by atoms with Crippen molar-refractivity contribution in [3.05, 3.63) is 28.5 Å². The Hall–Kier alpha value is -1.66. The van der Waals surface area contributed by atoms with E-state index < -0.39 is 0 Å². The van der Waals surface area contributed by atoms with Gasteiger partial charge in [0.2, 0.25) is 0 Å². The third kappa shape index (κ3) is 4.68. The lowest BCUT2D eigenvalue weighted by molar-refractivity contribution is 0.468. The summed E-state index contributed by atoms with van der Waals surface area (Å²) in [5.41, 5.74) is 1.69. The quantitative estimate of drug-likeness (QED) is 0.539. The molecule has 0 saturated heterocycles. The molecule has 0 saturated carbocycles. The number of hydrogen-bond acceptors (Lipinski definition) is 5. The van der Waals surface area contributed by atoms with Crippen LogP contribution < -0.4 is 4.74 Å². The van der Waals surface area contributed by atoms with Gasteiger partial charge >= 0.3 is 0 Å². The predicted molar refractivity (Wildman–Crippen MR) is 101 cm³/mol. The lowest BCUT2D eigenvalue weighted by Gasteiger charge is -2.12. The molecule has 0 aliphatic carbocycles. The van der Waals surface area contributed by atoms with E-state index in [4.69, 9.17) is 16.3 Å². The highest BCUT2D eigenvalue weighted by molar-refractivity contribution is 7.07. The third-order valence-corrected chi connectivity index (χ3v) is 4.31. The van der Waals surface area contributed by atoms with E-state index in [9.17, 15) is 0 Å². The average molecular weight is 367 g/mol. The van der Waals surface area contributed by atoms with Crippen molar-refractivity contribution in [1.82, 2.24) is 14.3 Å². The van der Waals surface area contributed by atoms with Crippen molar-refractivity contribution < 1.29 is 4.74 Å². The number of aryl methyl sites for hydroxylation is 1. The molecule has 130 valence electrons. The van der Waals surface area contributed by atoms with Gasteiger partial charge in [-0.2, -0.15) is 9.36 Å². The number of hydrogen-bond donors (Lipinski definition) is 0. The molecular formula is C17H23ClN4OS. The molecule has 0 fully saturated rings. The maximum atomic E-state index is 6.34. The average Bonchev–Trinajstić information content (AvgIpc) is 2.97. The Morgan fingerprint density at radius 3 is 2.67 bits per heavy atom. The van der Waals surface area contributed by atoms with Gasteiger partial charge in [-0.1, -0.05) is 32.4 Å². The fourth-order valence-corrected chi connectivity index (χ4v) is 2.68. The summed E-state index contributed by atoms with van der Waals surface area (Å²) in [6.45, 7) is 11.1. The molecule has 24 heavy (non-hydrogen) atoms. The van der Waals surface area contributed by atoms with E-state index in [0.29, 0.717) is 16.0 Å². The van der Waals surface area contributed by atoms with Crippen LogP contribution in [0, 0.1) is 6.92 Å². The van der Waals surface area contributed by atoms with Crippen molar-refractivity contribution in [3.8, 4) is 10.9 Å². The van der Waals surface area contributed by atoms with Crippen molar-refractivity contribution in [3.63, 3.8) is 0 Å². The maximum absolute atomic E-state index is 6.34. The Kier molecular flexibility index (Phi) is 5.83. The first-order valence-corrected chi connectivity index (χ1v) is 8.92. The SMILES string of the molecule is CCN(C)/C=N\c1cc(Cl)c(Oc2nc(C(C)(C)C)ns2)cc1C. The van der Waals surface area contributed by atoms with Crippen LogP contribution >= 0.6 is 23.1 Å². The largest absolute Gasteiger partial charge is 0.428 e. The molecule has 0 spiro atoms. The van der Waals surface area contributed by atoms with E-state index in [1.54, 1.807) is 12.4 Å². The molecule has 5 nitrogen and oxygen atoms in total. The highest BCUT2D eigenvalue weighted by Gasteiger charge is 2.20. The minimum Gasteiger partial charge on any atom is -0.428 e. The van der Waals surface area contributed by atoms with E-state index in [2.05, 4.69) is 42.0 Å². The standard InChI is InChI=1S/C17H23ClN4OS/c1-7-22(6)10-19-13-9-12(18)14(8-11(13)2)23-16-20-15(21-24-16)17(3,4)5/h8-10H,7H2,1-6H3/b19-10-. The van der Waals surface area contributed by atoms with Crippen LogP contribution in [0.15, 0.2) is 17.1 Å². The van der Waals surface area contributed by atoms with E-state index in [1.165, 1.54) is 11.5 Å². The highest BCUT2D eigenvalue weighted by Crippen LogP contribution is 2.36. The Morgan fingerprint density at radius 2 is 2.08 bits per heavy atom.